The number of hydrogen-bond acceptors (Lipinski definition) is 4. The summed E-state index contributed by atoms with van der Waals surface area (Å²) in [5.41, 5.74) is 5.96. The topological polar surface area (TPSA) is 60.1 Å². The van der Waals surface area contributed by atoms with Crippen LogP contribution in [0.1, 0.15) is 12.8 Å². The van der Waals surface area contributed by atoms with Crippen LogP contribution in [0.3, 0.4) is 0 Å². The summed E-state index contributed by atoms with van der Waals surface area (Å²) in [5.74, 6) is 3.00. The number of nitrogens with zero attached hydrogens (tertiary/aromatic N) is 2. The molecule has 2 heterocycles. The van der Waals surface area contributed by atoms with Gasteiger partial charge in [-0.2, -0.15) is 11.8 Å². The summed E-state index contributed by atoms with van der Waals surface area (Å²) in [6.45, 7) is 5.13. The Hall–Kier alpha value is 0.270. The highest BCUT2D eigenvalue weighted by Gasteiger charge is 2.15. The number of nitrogens with two attached hydrogens (primary N) is 1. The summed E-state index contributed by atoms with van der Waals surface area (Å²) >= 11 is 1.98. The Morgan fingerprint density at radius 2 is 2.21 bits per heavy atom. The first-order valence-corrected chi connectivity index (χ1v) is 7.83. The van der Waals surface area contributed by atoms with E-state index in [-0.39, 0.29) is 24.0 Å². The summed E-state index contributed by atoms with van der Waals surface area (Å²) in [4.78, 5) is 6.58. The third-order valence-electron chi connectivity index (χ3n) is 3.15. The van der Waals surface area contributed by atoms with Crippen molar-refractivity contribution in [2.75, 3.05) is 51.0 Å². The quantitative estimate of drug-likeness (QED) is 0.324. The van der Waals surface area contributed by atoms with Gasteiger partial charge in [-0.1, -0.05) is 0 Å². The standard InChI is InChI=1S/C12H23N3O2S.HI/c13-12(15-4-8-18-9-5-15)14-3-1-6-17-11-2-7-16-10-11;/h11H,1-10H2,(H2,13,14);1H. The van der Waals surface area contributed by atoms with Gasteiger partial charge < -0.3 is 20.1 Å². The Bertz CT molecular complexity index is 270. The van der Waals surface area contributed by atoms with Gasteiger partial charge in [0.1, 0.15) is 0 Å². The first-order valence-electron chi connectivity index (χ1n) is 6.68. The van der Waals surface area contributed by atoms with Crippen molar-refractivity contribution in [2.24, 2.45) is 10.7 Å². The van der Waals surface area contributed by atoms with Crippen LogP contribution in [-0.2, 0) is 9.47 Å². The molecule has 112 valence electrons. The first kappa shape index (κ1) is 17.3. The maximum atomic E-state index is 5.96. The van der Waals surface area contributed by atoms with Crippen LogP contribution < -0.4 is 5.73 Å². The summed E-state index contributed by atoms with van der Waals surface area (Å²) in [5, 5.41) is 0. The third kappa shape index (κ3) is 6.50. The van der Waals surface area contributed by atoms with Gasteiger partial charge in [0.25, 0.3) is 0 Å². The van der Waals surface area contributed by atoms with Crippen molar-refractivity contribution >= 4 is 41.7 Å². The molecule has 0 radical (unpaired) electrons. The molecule has 0 spiro atoms. The maximum Gasteiger partial charge on any atom is 0.191 e. The average Bonchev–Trinajstić information content (AvgIpc) is 2.92. The zero-order valence-corrected chi connectivity index (χ0v) is 14.4. The van der Waals surface area contributed by atoms with E-state index in [4.69, 9.17) is 15.2 Å². The number of guanidine groups is 1. The Balaban J connectivity index is 0.00000180. The normalized spacial score (nSPS) is 24.3. The van der Waals surface area contributed by atoms with Crippen LogP contribution in [0.5, 0.6) is 0 Å². The van der Waals surface area contributed by atoms with E-state index in [0.717, 1.165) is 63.8 Å². The molecule has 2 N–H and O–H groups in total. The molecular weight excluding hydrogens is 377 g/mol. The molecule has 1 unspecified atom stereocenters. The molecule has 2 rings (SSSR count). The van der Waals surface area contributed by atoms with E-state index in [1.54, 1.807) is 0 Å². The smallest absolute Gasteiger partial charge is 0.191 e. The summed E-state index contributed by atoms with van der Waals surface area (Å²) in [6, 6.07) is 0. The van der Waals surface area contributed by atoms with Crippen molar-refractivity contribution in [1.29, 1.82) is 0 Å². The molecule has 0 aliphatic carbocycles. The van der Waals surface area contributed by atoms with E-state index in [9.17, 15) is 0 Å². The number of hydrogen-bond donors (Lipinski definition) is 1. The van der Waals surface area contributed by atoms with Gasteiger partial charge in [0.05, 0.1) is 12.7 Å². The van der Waals surface area contributed by atoms with Gasteiger partial charge in [0.2, 0.25) is 0 Å². The van der Waals surface area contributed by atoms with E-state index < -0.39 is 0 Å². The molecule has 0 saturated carbocycles. The van der Waals surface area contributed by atoms with E-state index >= 15 is 0 Å². The lowest BCUT2D eigenvalue weighted by molar-refractivity contribution is 0.0424. The molecule has 0 bridgehead atoms. The number of aliphatic imine (C=N–C) groups is 1. The minimum atomic E-state index is 0. The lowest BCUT2D eigenvalue weighted by Crippen LogP contribution is -2.42. The molecule has 19 heavy (non-hydrogen) atoms. The molecule has 5 nitrogen and oxygen atoms in total. The molecule has 2 fully saturated rings. The Morgan fingerprint density at radius 3 is 2.89 bits per heavy atom. The molecular formula is C12H24IN3O2S. The minimum Gasteiger partial charge on any atom is -0.379 e. The summed E-state index contributed by atoms with van der Waals surface area (Å²) in [7, 11) is 0. The van der Waals surface area contributed by atoms with Gasteiger partial charge in [0.15, 0.2) is 5.96 Å². The fourth-order valence-electron chi connectivity index (χ4n) is 2.04. The molecule has 1 atom stereocenters. The van der Waals surface area contributed by atoms with Gasteiger partial charge >= 0.3 is 0 Å². The number of thioether (sulfide) groups is 1. The van der Waals surface area contributed by atoms with Crippen molar-refractivity contribution in [3.8, 4) is 0 Å². The molecule has 2 aliphatic heterocycles. The highest BCUT2D eigenvalue weighted by atomic mass is 127. The van der Waals surface area contributed by atoms with Crippen molar-refractivity contribution < 1.29 is 9.47 Å². The average molecular weight is 401 g/mol. The molecule has 0 aromatic rings. The fraction of sp³-hybridized carbons (Fsp3) is 0.917. The lowest BCUT2D eigenvalue weighted by Gasteiger charge is -2.27. The molecule has 0 aromatic carbocycles. The second-order valence-electron chi connectivity index (χ2n) is 4.55. The van der Waals surface area contributed by atoms with Crippen LogP contribution in [-0.4, -0.2) is 67.9 Å². The largest absolute Gasteiger partial charge is 0.379 e. The SMILES string of the molecule is I.NC(=NCCCOC1CCOC1)N1CCSCC1. The van der Waals surface area contributed by atoms with Gasteiger partial charge in [-0.25, -0.2) is 0 Å². The number of halogens is 1. The Labute approximate surface area is 136 Å². The number of ether oxygens (including phenoxy) is 2. The number of rotatable bonds is 5. The molecule has 7 heteroatoms. The first-order chi connectivity index (χ1) is 8.86. The lowest BCUT2D eigenvalue weighted by atomic mass is 10.3. The molecule has 2 saturated heterocycles. The predicted octanol–water partition coefficient (Wildman–Crippen LogP) is 1.16. The van der Waals surface area contributed by atoms with Crippen molar-refractivity contribution in [2.45, 2.75) is 18.9 Å². The summed E-state index contributed by atoms with van der Waals surface area (Å²) < 4.78 is 10.9. The zero-order chi connectivity index (χ0) is 12.6. The molecule has 0 amide bonds. The predicted molar refractivity (Wildman–Crippen MR) is 90.6 cm³/mol. The van der Waals surface area contributed by atoms with Crippen molar-refractivity contribution in [3.63, 3.8) is 0 Å². The van der Waals surface area contributed by atoms with Crippen LogP contribution in [0, 0.1) is 0 Å². The van der Waals surface area contributed by atoms with Gasteiger partial charge in [0, 0.05) is 44.4 Å². The van der Waals surface area contributed by atoms with Crippen LogP contribution in [0.4, 0.5) is 0 Å². The zero-order valence-electron chi connectivity index (χ0n) is 11.3. The van der Waals surface area contributed by atoms with E-state index in [0.29, 0.717) is 12.1 Å². The fourth-order valence-corrected chi connectivity index (χ4v) is 2.95. The Morgan fingerprint density at radius 1 is 1.42 bits per heavy atom. The third-order valence-corrected chi connectivity index (χ3v) is 4.10. The summed E-state index contributed by atoms with van der Waals surface area (Å²) in [6.07, 6.45) is 2.25. The minimum absolute atomic E-state index is 0. The molecule has 2 aliphatic rings. The van der Waals surface area contributed by atoms with Crippen molar-refractivity contribution in [1.82, 2.24) is 4.90 Å². The van der Waals surface area contributed by atoms with E-state index in [1.807, 2.05) is 11.8 Å². The Kier molecular flexibility index (Phi) is 9.17. The van der Waals surface area contributed by atoms with Crippen LogP contribution in [0.15, 0.2) is 4.99 Å². The van der Waals surface area contributed by atoms with Crippen LogP contribution in [0.25, 0.3) is 0 Å². The van der Waals surface area contributed by atoms with Gasteiger partial charge in [-0.15, -0.1) is 24.0 Å². The van der Waals surface area contributed by atoms with Gasteiger partial charge in [-0.3, -0.25) is 4.99 Å². The second-order valence-corrected chi connectivity index (χ2v) is 5.77. The maximum absolute atomic E-state index is 5.96. The van der Waals surface area contributed by atoms with E-state index in [1.165, 1.54) is 0 Å². The molecule has 0 aromatic heterocycles. The highest BCUT2D eigenvalue weighted by molar-refractivity contribution is 14.0. The monoisotopic (exact) mass is 401 g/mol. The van der Waals surface area contributed by atoms with Crippen molar-refractivity contribution in [3.05, 3.63) is 0 Å². The van der Waals surface area contributed by atoms with Crippen LogP contribution in [0.2, 0.25) is 0 Å². The second kappa shape index (κ2) is 10.1. The van der Waals surface area contributed by atoms with Gasteiger partial charge in [-0.05, 0) is 12.8 Å². The highest BCUT2D eigenvalue weighted by Crippen LogP contribution is 2.09. The van der Waals surface area contributed by atoms with E-state index in [2.05, 4.69) is 9.89 Å². The van der Waals surface area contributed by atoms with Crippen LogP contribution >= 0.6 is 35.7 Å².